The van der Waals surface area contributed by atoms with Gasteiger partial charge in [0, 0.05) is 12.8 Å². The molecule has 11 heteroatoms. The minimum absolute atomic E-state index is 0.0224. The van der Waals surface area contributed by atoms with E-state index in [9.17, 15) is 19.2 Å². The van der Waals surface area contributed by atoms with Crippen LogP contribution in [-0.2, 0) is 35.0 Å². The summed E-state index contributed by atoms with van der Waals surface area (Å²) in [6, 6.07) is 4.27. The summed E-state index contributed by atoms with van der Waals surface area (Å²) in [5, 5.41) is 0. The first kappa shape index (κ1) is 29.7. The van der Waals surface area contributed by atoms with Crippen LogP contribution >= 0.6 is 0 Å². The Bertz CT molecular complexity index is 885. The SMILES string of the molecule is CCOC(=O)Oc1ccc(C[C@](N)(CCOC(=O)C(C)C(C)C)C(=O)OC)cc1OC(=O)OCC. The molecule has 11 nitrogen and oxygen atoms in total. The van der Waals surface area contributed by atoms with E-state index in [0.29, 0.717) is 5.56 Å². The molecule has 0 aromatic heterocycles. The second-order valence-electron chi connectivity index (χ2n) is 8.13. The molecule has 0 amide bonds. The number of ether oxygens (including phenoxy) is 6. The van der Waals surface area contributed by atoms with Crippen molar-refractivity contribution < 1.29 is 47.6 Å². The summed E-state index contributed by atoms with van der Waals surface area (Å²) in [6.45, 7) is 8.81. The summed E-state index contributed by atoms with van der Waals surface area (Å²) in [5.41, 5.74) is 5.26. The predicted molar refractivity (Wildman–Crippen MR) is 124 cm³/mol. The fraction of sp³-hybridized carbons (Fsp3) is 0.583. The topological polar surface area (TPSA) is 150 Å². The van der Waals surface area contributed by atoms with Crippen molar-refractivity contribution in [2.24, 2.45) is 17.6 Å². The van der Waals surface area contributed by atoms with Crippen LogP contribution in [0.5, 0.6) is 11.5 Å². The minimum Gasteiger partial charge on any atom is -0.468 e. The maximum absolute atomic E-state index is 12.5. The number of carbonyl (C=O) groups excluding carboxylic acids is 4. The molecule has 0 fully saturated rings. The molecule has 35 heavy (non-hydrogen) atoms. The summed E-state index contributed by atoms with van der Waals surface area (Å²) < 4.78 is 29.9. The second-order valence-corrected chi connectivity index (χ2v) is 8.13. The van der Waals surface area contributed by atoms with Gasteiger partial charge < -0.3 is 34.2 Å². The number of methoxy groups -OCH3 is 1. The van der Waals surface area contributed by atoms with Crippen LogP contribution in [0.3, 0.4) is 0 Å². The van der Waals surface area contributed by atoms with E-state index < -0.39 is 29.8 Å². The molecule has 0 aliphatic rings. The van der Waals surface area contributed by atoms with Gasteiger partial charge in [0.15, 0.2) is 11.5 Å². The molecule has 0 saturated carbocycles. The fourth-order valence-electron chi connectivity index (χ4n) is 2.87. The largest absolute Gasteiger partial charge is 0.513 e. The molecule has 1 aromatic carbocycles. The molecule has 0 spiro atoms. The normalized spacial score (nSPS) is 13.3. The number of benzene rings is 1. The van der Waals surface area contributed by atoms with Gasteiger partial charge in [-0.3, -0.25) is 9.59 Å². The first-order valence-electron chi connectivity index (χ1n) is 11.3. The molecule has 0 aliphatic heterocycles. The van der Waals surface area contributed by atoms with Gasteiger partial charge in [-0.25, -0.2) is 9.59 Å². The Morgan fingerprint density at radius 1 is 0.914 bits per heavy atom. The van der Waals surface area contributed by atoms with Gasteiger partial charge in [0.1, 0.15) is 5.54 Å². The molecule has 1 rings (SSSR count). The smallest absolute Gasteiger partial charge is 0.468 e. The summed E-state index contributed by atoms with van der Waals surface area (Å²) in [5.74, 6) is -1.56. The van der Waals surface area contributed by atoms with Gasteiger partial charge in [-0.05, 0) is 37.5 Å². The monoisotopic (exact) mass is 497 g/mol. The molecule has 2 N–H and O–H groups in total. The Balaban J connectivity index is 3.12. The predicted octanol–water partition coefficient (Wildman–Crippen LogP) is 3.40. The molecule has 0 radical (unpaired) electrons. The van der Waals surface area contributed by atoms with E-state index in [4.69, 9.17) is 34.2 Å². The van der Waals surface area contributed by atoms with E-state index in [1.807, 2.05) is 13.8 Å². The number of nitrogens with two attached hydrogens (primary N) is 1. The molecule has 1 unspecified atom stereocenters. The number of esters is 2. The summed E-state index contributed by atoms with van der Waals surface area (Å²) in [4.78, 5) is 48.3. The highest BCUT2D eigenvalue weighted by Crippen LogP contribution is 2.31. The van der Waals surface area contributed by atoms with Crippen molar-refractivity contribution in [1.29, 1.82) is 0 Å². The van der Waals surface area contributed by atoms with Crippen LogP contribution in [0.2, 0.25) is 0 Å². The van der Waals surface area contributed by atoms with Crippen LogP contribution < -0.4 is 15.2 Å². The van der Waals surface area contributed by atoms with Crippen molar-refractivity contribution in [1.82, 2.24) is 0 Å². The van der Waals surface area contributed by atoms with Crippen LogP contribution in [0.4, 0.5) is 9.59 Å². The van der Waals surface area contributed by atoms with Crippen molar-refractivity contribution in [2.45, 2.75) is 53.0 Å². The zero-order chi connectivity index (χ0) is 26.6. The molecule has 196 valence electrons. The quantitative estimate of drug-likeness (QED) is 0.257. The highest BCUT2D eigenvalue weighted by molar-refractivity contribution is 5.81. The number of carbonyl (C=O) groups is 4. The average Bonchev–Trinajstić information content (AvgIpc) is 2.79. The highest BCUT2D eigenvalue weighted by Gasteiger charge is 2.36. The Hall–Kier alpha value is -3.34. The van der Waals surface area contributed by atoms with Crippen LogP contribution in [0.1, 0.15) is 46.6 Å². The van der Waals surface area contributed by atoms with Gasteiger partial charge in [-0.2, -0.15) is 0 Å². The third-order valence-electron chi connectivity index (χ3n) is 5.19. The van der Waals surface area contributed by atoms with Gasteiger partial charge in [-0.15, -0.1) is 0 Å². The lowest BCUT2D eigenvalue weighted by atomic mass is 9.88. The van der Waals surface area contributed by atoms with Crippen molar-refractivity contribution >= 4 is 24.2 Å². The fourth-order valence-corrected chi connectivity index (χ4v) is 2.87. The zero-order valence-corrected chi connectivity index (χ0v) is 21.1. The summed E-state index contributed by atoms with van der Waals surface area (Å²) >= 11 is 0. The Morgan fingerprint density at radius 2 is 1.49 bits per heavy atom. The van der Waals surface area contributed by atoms with Crippen LogP contribution in [0, 0.1) is 11.8 Å². The van der Waals surface area contributed by atoms with Crippen LogP contribution in [0.15, 0.2) is 18.2 Å². The third-order valence-corrected chi connectivity index (χ3v) is 5.19. The van der Waals surface area contributed by atoms with E-state index in [2.05, 4.69) is 0 Å². The molecular weight excluding hydrogens is 462 g/mol. The summed E-state index contributed by atoms with van der Waals surface area (Å²) in [6.07, 6.45) is -2.09. The van der Waals surface area contributed by atoms with E-state index in [1.54, 1.807) is 20.8 Å². The van der Waals surface area contributed by atoms with Gasteiger partial charge in [-0.1, -0.05) is 26.8 Å². The molecule has 0 saturated heterocycles. The lowest BCUT2D eigenvalue weighted by Crippen LogP contribution is -2.51. The standard InChI is InChI=1S/C24H35NO10/c1-7-31-22(28)34-18-10-9-17(13-19(18)35-23(29)32-8-2)14-24(25,21(27)30-6)11-12-33-20(26)16(5)15(3)4/h9-10,13,15-16H,7-8,11-12,14,25H2,1-6H3/t16?,24-/m1/s1. The van der Waals surface area contributed by atoms with Crippen molar-refractivity contribution in [3.05, 3.63) is 23.8 Å². The van der Waals surface area contributed by atoms with E-state index in [-0.39, 0.29) is 56.0 Å². The molecule has 2 atom stereocenters. The molecule has 0 aliphatic carbocycles. The minimum atomic E-state index is -1.55. The maximum atomic E-state index is 12.5. The highest BCUT2D eigenvalue weighted by atomic mass is 16.7. The van der Waals surface area contributed by atoms with Gasteiger partial charge in [0.05, 0.1) is 32.8 Å². The second kappa shape index (κ2) is 14.1. The number of hydrogen-bond acceptors (Lipinski definition) is 11. The Kier molecular flexibility index (Phi) is 12.0. The number of rotatable bonds is 12. The van der Waals surface area contributed by atoms with E-state index >= 15 is 0 Å². The first-order chi connectivity index (χ1) is 16.5. The third kappa shape index (κ3) is 9.44. The Morgan fingerprint density at radius 3 is 2.00 bits per heavy atom. The molecular formula is C24H35NO10. The number of hydrogen-bond donors (Lipinski definition) is 1. The van der Waals surface area contributed by atoms with Gasteiger partial charge in [0.25, 0.3) is 0 Å². The average molecular weight is 498 g/mol. The maximum Gasteiger partial charge on any atom is 0.513 e. The van der Waals surface area contributed by atoms with Crippen LogP contribution in [-0.4, -0.2) is 56.7 Å². The lowest BCUT2D eigenvalue weighted by molar-refractivity contribution is -0.153. The first-order valence-corrected chi connectivity index (χ1v) is 11.3. The molecule has 0 bridgehead atoms. The van der Waals surface area contributed by atoms with Gasteiger partial charge in [0.2, 0.25) is 0 Å². The summed E-state index contributed by atoms with van der Waals surface area (Å²) in [7, 11) is 1.20. The van der Waals surface area contributed by atoms with E-state index in [1.165, 1.54) is 25.3 Å². The van der Waals surface area contributed by atoms with Crippen LogP contribution in [0.25, 0.3) is 0 Å². The van der Waals surface area contributed by atoms with Crippen molar-refractivity contribution in [3.8, 4) is 11.5 Å². The van der Waals surface area contributed by atoms with Crippen molar-refractivity contribution in [2.75, 3.05) is 26.9 Å². The molecule has 0 heterocycles. The zero-order valence-electron chi connectivity index (χ0n) is 21.1. The Labute approximate surface area is 205 Å². The van der Waals surface area contributed by atoms with E-state index in [0.717, 1.165) is 0 Å². The molecule has 1 aromatic rings. The lowest BCUT2D eigenvalue weighted by Gasteiger charge is -2.27. The van der Waals surface area contributed by atoms with Crippen molar-refractivity contribution in [3.63, 3.8) is 0 Å². The van der Waals surface area contributed by atoms with Gasteiger partial charge >= 0.3 is 24.2 Å².